The van der Waals surface area contributed by atoms with Crippen molar-refractivity contribution in [3.8, 4) is 0 Å². The molecule has 0 bridgehead atoms. The molecule has 2 aromatic carbocycles. The highest BCUT2D eigenvalue weighted by atomic mass is 35.5. The number of halogens is 3. The number of likely N-dealkylation sites (tertiary alicyclic amines) is 2. The van der Waals surface area contributed by atoms with Crippen molar-refractivity contribution in [2.24, 2.45) is 11.8 Å². The predicted molar refractivity (Wildman–Crippen MR) is 144 cm³/mol. The molecular weight excluding hydrogens is 512 g/mol. The zero-order valence-electron chi connectivity index (χ0n) is 21.2. The molecule has 3 fully saturated rings. The molecule has 1 aliphatic carbocycles. The number of hydrogen-bond acceptors (Lipinski definition) is 3. The fourth-order valence-electron chi connectivity index (χ4n) is 5.80. The number of amides is 2. The number of carbonyl (C=O) groups excluding carboxylic acids is 2. The largest absolute Gasteiger partial charge is 0.340 e. The molecule has 1 unspecified atom stereocenters. The molecule has 8 heteroatoms. The molecule has 1 saturated carbocycles. The molecular formula is C29H34Cl2FN3O2. The maximum absolute atomic E-state index is 13.6. The lowest BCUT2D eigenvalue weighted by Gasteiger charge is -2.33. The molecule has 0 aromatic heterocycles. The first-order chi connectivity index (χ1) is 17.8. The average Bonchev–Trinajstić information content (AvgIpc) is 3.60. The number of carbonyl (C=O) groups is 2. The van der Waals surface area contributed by atoms with E-state index in [1.165, 1.54) is 31.5 Å². The van der Waals surface area contributed by atoms with Crippen LogP contribution in [0.4, 0.5) is 4.39 Å². The van der Waals surface area contributed by atoms with Crippen LogP contribution >= 0.6 is 23.2 Å². The van der Waals surface area contributed by atoms with Crippen LogP contribution in [0.2, 0.25) is 10.0 Å². The summed E-state index contributed by atoms with van der Waals surface area (Å²) in [6, 6.07) is 11.4. The van der Waals surface area contributed by atoms with Gasteiger partial charge in [0.25, 0.3) is 0 Å². The maximum Gasteiger partial charge on any atom is 0.227 e. The van der Waals surface area contributed by atoms with Crippen molar-refractivity contribution in [2.45, 2.75) is 44.1 Å². The van der Waals surface area contributed by atoms with E-state index in [4.69, 9.17) is 23.2 Å². The van der Waals surface area contributed by atoms with Gasteiger partial charge in [-0.15, -0.1) is 0 Å². The first-order valence-electron chi connectivity index (χ1n) is 13.2. The number of hydrogen-bond donors (Lipinski definition) is 0. The van der Waals surface area contributed by atoms with Crippen LogP contribution in [0.25, 0.3) is 0 Å². The highest BCUT2D eigenvalue weighted by molar-refractivity contribution is 6.42. The van der Waals surface area contributed by atoms with E-state index in [0.717, 1.165) is 43.0 Å². The van der Waals surface area contributed by atoms with Crippen molar-refractivity contribution in [3.05, 3.63) is 69.5 Å². The Morgan fingerprint density at radius 3 is 2.32 bits per heavy atom. The van der Waals surface area contributed by atoms with E-state index in [-0.39, 0.29) is 41.9 Å². The highest BCUT2D eigenvalue weighted by Crippen LogP contribution is 2.36. The summed E-state index contributed by atoms with van der Waals surface area (Å²) in [6.45, 7) is 4.16. The van der Waals surface area contributed by atoms with Crippen molar-refractivity contribution < 1.29 is 14.0 Å². The molecule has 2 aromatic rings. The van der Waals surface area contributed by atoms with Gasteiger partial charge in [-0.2, -0.15) is 0 Å². The van der Waals surface area contributed by atoms with Crippen molar-refractivity contribution in [2.75, 3.05) is 39.8 Å². The monoisotopic (exact) mass is 545 g/mol. The van der Waals surface area contributed by atoms with Crippen molar-refractivity contribution in [1.82, 2.24) is 14.7 Å². The third kappa shape index (κ3) is 6.30. The summed E-state index contributed by atoms with van der Waals surface area (Å²) in [4.78, 5) is 33.1. The van der Waals surface area contributed by atoms with Gasteiger partial charge in [0.15, 0.2) is 0 Å². The van der Waals surface area contributed by atoms with Crippen molar-refractivity contribution >= 4 is 35.0 Å². The highest BCUT2D eigenvalue weighted by Gasteiger charge is 2.42. The summed E-state index contributed by atoms with van der Waals surface area (Å²) in [6.07, 6.45) is 4.65. The van der Waals surface area contributed by atoms with Crippen LogP contribution in [-0.2, 0) is 16.0 Å². The molecule has 5 rings (SSSR count). The normalized spacial score (nSPS) is 22.9. The first kappa shape index (κ1) is 26.5. The van der Waals surface area contributed by atoms with E-state index in [9.17, 15) is 14.0 Å². The number of benzene rings is 2. The summed E-state index contributed by atoms with van der Waals surface area (Å²) in [5, 5.41) is 0.942. The Bertz CT molecular complexity index is 1130. The Morgan fingerprint density at radius 1 is 0.973 bits per heavy atom. The molecule has 0 N–H and O–H groups in total. The SMILES string of the molecule is CN(C(=O)Cc1ccc(F)cc1)C1CN(C(=O)C2CCN(CC3CC3)CC2)C[C@@H]1c1ccc(Cl)c(Cl)c1. The van der Waals surface area contributed by atoms with Gasteiger partial charge in [0.2, 0.25) is 11.8 Å². The Labute approximate surface area is 228 Å². The molecule has 2 saturated heterocycles. The van der Waals surface area contributed by atoms with Crippen LogP contribution in [0, 0.1) is 17.7 Å². The second-order valence-corrected chi connectivity index (χ2v) is 11.7. The number of likely N-dealkylation sites (N-methyl/N-ethyl adjacent to an activating group) is 1. The van der Waals surface area contributed by atoms with Crippen LogP contribution in [-0.4, -0.2) is 72.3 Å². The second kappa shape index (κ2) is 11.3. The maximum atomic E-state index is 13.6. The Morgan fingerprint density at radius 2 is 1.68 bits per heavy atom. The smallest absolute Gasteiger partial charge is 0.227 e. The molecule has 2 amide bonds. The quantitative estimate of drug-likeness (QED) is 0.477. The van der Waals surface area contributed by atoms with E-state index < -0.39 is 0 Å². The molecule has 2 aliphatic heterocycles. The molecule has 2 atom stereocenters. The second-order valence-electron chi connectivity index (χ2n) is 10.9. The summed E-state index contributed by atoms with van der Waals surface area (Å²) in [5.74, 6) is 0.621. The molecule has 0 spiro atoms. The van der Waals surface area contributed by atoms with Crippen LogP contribution in [0.5, 0.6) is 0 Å². The molecule has 37 heavy (non-hydrogen) atoms. The number of rotatable bonds is 7. The van der Waals surface area contributed by atoms with Gasteiger partial charge in [0.1, 0.15) is 5.82 Å². The van der Waals surface area contributed by atoms with Gasteiger partial charge in [-0.25, -0.2) is 4.39 Å². The van der Waals surface area contributed by atoms with Gasteiger partial charge in [-0.05, 0) is 80.1 Å². The van der Waals surface area contributed by atoms with Gasteiger partial charge in [-0.1, -0.05) is 41.4 Å². The molecule has 0 radical (unpaired) electrons. The lowest BCUT2D eigenvalue weighted by Crippen LogP contribution is -2.45. The zero-order chi connectivity index (χ0) is 26.1. The van der Waals surface area contributed by atoms with E-state index in [2.05, 4.69) is 4.90 Å². The fourth-order valence-corrected chi connectivity index (χ4v) is 6.11. The molecule has 5 nitrogen and oxygen atoms in total. The standard InChI is InChI=1S/C29H34Cl2FN3O2/c1-33(28(36)14-19-4-7-23(32)8-5-19)27-18-35(17-24(27)22-6-9-25(30)26(31)15-22)29(37)21-10-12-34(13-11-21)16-20-2-3-20/h4-9,15,20-21,24,27H,2-3,10-14,16-18H2,1H3/t24-,27?/m1/s1. The summed E-state index contributed by atoms with van der Waals surface area (Å²) in [7, 11) is 1.80. The fraction of sp³-hybridized carbons (Fsp3) is 0.517. The van der Waals surface area contributed by atoms with E-state index in [1.807, 2.05) is 17.0 Å². The summed E-state index contributed by atoms with van der Waals surface area (Å²) < 4.78 is 13.3. The van der Waals surface area contributed by atoms with Crippen LogP contribution in [0.3, 0.4) is 0 Å². The summed E-state index contributed by atoms with van der Waals surface area (Å²) in [5.41, 5.74) is 1.73. The minimum Gasteiger partial charge on any atom is -0.340 e. The average molecular weight is 547 g/mol. The Hall–Kier alpha value is -2.15. The van der Waals surface area contributed by atoms with E-state index >= 15 is 0 Å². The van der Waals surface area contributed by atoms with Gasteiger partial charge < -0.3 is 14.7 Å². The zero-order valence-corrected chi connectivity index (χ0v) is 22.7. The third-order valence-corrected chi connectivity index (χ3v) is 9.02. The minimum absolute atomic E-state index is 0.0314. The lowest BCUT2D eigenvalue weighted by molar-refractivity contribution is -0.137. The van der Waals surface area contributed by atoms with Crippen LogP contribution in [0.1, 0.15) is 42.7 Å². The van der Waals surface area contributed by atoms with Crippen molar-refractivity contribution in [1.29, 1.82) is 0 Å². The number of nitrogens with zero attached hydrogens (tertiary/aromatic N) is 3. The minimum atomic E-state index is -0.326. The summed E-state index contributed by atoms with van der Waals surface area (Å²) >= 11 is 12.5. The molecule has 198 valence electrons. The Kier molecular flexibility index (Phi) is 8.08. The first-order valence-corrected chi connectivity index (χ1v) is 14.0. The van der Waals surface area contributed by atoms with E-state index in [1.54, 1.807) is 30.1 Å². The third-order valence-electron chi connectivity index (χ3n) is 8.28. The van der Waals surface area contributed by atoms with Gasteiger partial charge in [0, 0.05) is 38.5 Å². The topological polar surface area (TPSA) is 43.9 Å². The van der Waals surface area contributed by atoms with Crippen LogP contribution in [0.15, 0.2) is 42.5 Å². The predicted octanol–water partition coefficient (Wildman–Crippen LogP) is 5.25. The molecule has 3 aliphatic rings. The van der Waals surface area contributed by atoms with Gasteiger partial charge >= 0.3 is 0 Å². The van der Waals surface area contributed by atoms with Gasteiger partial charge in [-0.3, -0.25) is 9.59 Å². The number of piperidine rings is 1. The van der Waals surface area contributed by atoms with Crippen LogP contribution < -0.4 is 0 Å². The van der Waals surface area contributed by atoms with E-state index in [0.29, 0.717) is 23.1 Å². The van der Waals surface area contributed by atoms with Gasteiger partial charge in [0.05, 0.1) is 22.5 Å². The Balaban J connectivity index is 1.30. The molecule has 2 heterocycles. The van der Waals surface area contributed by atoms with Crippen molar-refractivity contribution in [3.63, 3.8) is 0 Å². The lowest BCUT2D eigenvalue weighted by atomic mass is 9.93.